The first kappa shape index (κ1) is 15.5. The van der Waals surface area contributed by atoms with E-state index in [1.807, 2.05) is 0 Å². The van der Waals surface area contributed by atoms with E-state index < -0.39 is 0 Å². The van der Waals surface area contributed by atoms with Gasteiger partial charge in [-0.15, -0.1) is 0 Å². The summed E-state index contributed by atoms with van der Waals surface area (Å²) in [5.41, 5.74) is 2.70. The molecule has 0 spiro atoms. The quantitative estimate of drug-likeness (QED) is 0.684. The molecule has 0 aromatic heterocycles. The van der Waals surface area contributed by atoms with E-state index in [1.165, 1.54) is 36.8 Å². The van der Waals surface area contributed by atoms with Gasteiger partial charge in [-0.25, -0.2) is 0 Å². The van der Waals surface area contributed by atoms with Gasteiger partial charge in [0.1, 0.15) is 0 Å². The molecule has 112 valence electrons. The standard InChI is InChI=1S/C18H29NO/c1-15(2)12-19-13-17-8-3-4-9-18(17)14-20-11-10-16-6-5-7-16/h3-4,8-9,15-16,19H,5-7,10-14H2,1-2H3. The molecule has 1 aromatic carbocycles. The summed E-state index contributed by atoms with van der Waals surface area (Å²) in [4.78, 5) is 0. The highest BCUT2D eigenvalue weighted by Gasteiger charge is 2.16. The van der Waals surface area contributed by atoms with Crippen LogP contribution in [0.15, 0.2) is 24.3 Å². The van der Waals surface area contributed by atoms with Gasteiger partial charge in [-0.1, -0.05) is 57.4 Å². The fourth-order valence-electron chi connectivity index (χ4n) is 2.58. The third kappa shape index (κ3) is 5.26. The minimum atomic E-state index is 0.695. The monoisotopic (exact) mass is 275 g/mol. The molecule has 0 aliphatic heterocycles. The zero-order valence-electron chi connectivity index (χ0n) is 13.0. The Balaban J connectivity index is 1.71. The van der Waals surface area contributed by atoms with Crippen LogP contribution >= 0.6 is 0 Å². The van der Waals surface area contributed by atoms with Crippen LogP contribution in [0.5, 0.6) is 0 Å². The average Bonchev–Trinajstić information content (AvgIpc) is 2.37. The summed E-state index contributed by atoms with van der Waals surface area (Å²) in [5.74, 6) is 1.64. The molecule has 0 unspecified atom stereocenters. The van der Waals surface area contributed by atoms with E-state index in [1.54, 1.807) is 0 Å². The zero-order valence-corrected chi connectivity index (χ0v) is 13.0. The maximum absolute atomic E-state index is 5.87. The normalized spacial score (nSPS) is 15.6. The molecule has 1 aliphatic carbocycles. The van der Waals surface area contributed by atoms with Crippen molar-refractivity contribution in [3.8, 4) is 0 Å². The van der Waals surface area contributed by atoms with Gasteiger partial charge in [0.05, 0.1) is 6.61 Å². The second-order valence-electron chi connectivity index (χ2n) is 6.43. The molecule has 2 nitrogen and oxygen atoms in total. The average molecular weight is 275 g/mol. The highest BCUT2D eigenvalue weighted by Crippen LogP contribution is 2.29. The van der Waals surface area contributed by atoms with Gasteiger partial charge in [0.2, 0.25) is 0 Å². The molecule has 1 N–H and O–H groups in total. The van der Waals surface area contributed by atoms with E-state index >= 15 is 0 Å². The zero-order chi connectivity index (χ0) is 14.2. The predicted molar refractivity (Wildman–Crippen MR) is 84.6 cm³/mol. The summed E-state index contributed by atoms with van der Waals surface area (Å²) in [6.07, 6.45) is 5.50. The molecule has 1 aliphatic rings. The van der Waals surface area contributed by atoms with Crippen molar-refractivity contribution in [2.45, 2.75) is 52.7 Å². The Bertz CT molecular complexity index is 385. The smallest absolute Gasteiger partial charge is 0.0720 e. The Morgan fingerprint density at radius 1 is 1.20 bits per heavy atom. The molecule has 1 saturated carbocycles. The van der Waals surface area contributed by atoms with Crippen molar-refractivity contribution in [3.63, 3.8) is 0 Å². The van der Waals surface area contributed by atoms with Crippen LogP contribution in [0.3, 0.4) is 0 Å². The van der Waals surface area contributed by atoms with Gasteiger partial charge in [0.25, 0.3) is 0 Å². The number of rotatable bonds is 9. The summed E-state index contributed by atoms with van der Waals surface area (Å²) in [6.45, 7) is 8.16. The molecule has 2 heteroatoms. The van der Waals surface area contributed by atoms with Gasteiger partial charge in [0, 0.05) is 13.2 Å². The van der Waals surface area contributed by atoms with Crippen LogP contribution in [-0.2, 0) is 17.9 Å². The van der Waals surface area contributed by atoms with Crippen LogP contribution in [0, 0.1) is 11.8 Å². The van der Waals surface area contributed by atoms with E-state index in [9.17, 15) is 0 Å². The minimum Gasteiger partial charge on any atom is -0.377 e. The molecule has 0 heterocycles. The number of nitrogens with one attached hydrogen (secondary N) is 1. The largest absolute Gasteiger partial charge is 0.377 e. The van der Waals surface area contributed by atoms with Gasteiger partial charge in [-0.3, -0.25) is 0 Å². The van der Waals surface area contributed by atoms with Crippen molar-refractivity contribution < 1.29 is 4.74 Å². The topological polar surface area (TPSA) is 21.3 Å². The Kier molecular flexibility index (Phi) is 6.55. The highest BCUT2D eigenvalue weighted by atomic mass is 16.5. The van der Waals surface area contributed by atoms with E-state index in [4.69, 9.17) is 4.74 Å². The molecule has 0 radical (unpaired) electrons. The van der Waals surface area contributed by atoms with Crippen molar-refractivity contribution in [3.05, 3.63) is 35.4 Å². The molecule has 2 rings (SSSR count). The van der Waals surface area contributed by atoms with Crippen molar-refractivity contribution in [2.75, 3.05) is 13.2 Å². The van der Waals surface area contributed by atoms with Gasteiger partial charge < -0.3 is 10.1 Å². The van der Waals surface area contributed by atoms with E-state index in [0.717, 1.165) is 32.2 Å². The Labute approximate surface area is 123 Å². The van der Waals surface area contributed by atoms with Crippen molar-refractivity contribution in [1.82, 2.24) is 5.32 Å². The molecular weight excluding hydrogens is 246 g/mol. The van der Waals surface area contributed by atoms with Crippen molar-refractivity contribution in [2.24, 2.45) is 11.8 Å². The van der Waals surface area contributed by atoms with Crippen molar-refractivity contribution in [1.29, 1.82) is 0 Å². The number of hydrogen-bond acceptors (Lipinski definition) is 2. The van der Waals surface area contributed by atoms with Crippen molar-refractivity contribution >= 4 is 0 Å². The summed E-state index contributed by atoms with van der Waals surface area (Å²) < 4.78 is 5.87. The number of hydrogen-bond donors (Lipinski definition) is 1. The Morgan fingerprint density at radius 2 is 1.95 bits per heavy atom. The third-order valence-corrected chi connectivity index (χ3v) is 4.14. The van der Waals surface area contributed by atoms with Gasteiger partial charge >= 0.3 is 0 Å². The lowest BCUT2D eigenvalue weighted by Gasteiger charge is -2.25. The minimum absolute atomic E-state index is 0.695. The predicted octanol–water partition coefficient (Wildman–Crippen LogP) is 4.14. The molecule has 20 heavy (non-hydrogen) atoms. The molecule has 0 atom stereocenters. The van der Waals surface area contributed by atoms with Gasteiger partial charge in [-0.2, -0.15) is 0 Å². The van der Waals surface area contributed by atoms with Crippen LogP contribution < -0.4 is 5.32 Å². The molecule has 1 fully saturated rings. The Hall–Kier alpha value is -0.860. The van der Waals surface area contributed by atoms with Crippen LogP contribution in [-0.4, -0.2) is 13.2 Å². The van der Waals surface area contributed by atoms with E-state index in [2.05, 4.69) is 43.4 Å². The van der Waals surface area contributed by atoms with E-state index in [-0.39, 0.29) is 0 Å². The molecule has 1 aromatic rings. The second kappa shape index (κ2) is 8.43. The second-order valence-corrected chi connectivity index (χ2v) is 6.43. The summed E-state index contributed by atoms with van der Waals surface area (Å²) in [7, 11) is 0. The SMILES string of the molecule is CC(C)CNCc1ccccc1COCCC1CCC1. The van der Waals surface area contributed by atoms with Crippen LogP contribution in [0.4, 0.5) is 0 Å². The summed E-state index contributed by atoms with van der Waals surface area (Å²) in [6, 6.07) is 8.62. The van der Waals surface area contributed by atoms with Crippen LogP contribution in [0.25, 0.3) is 0 Å². The third-order valence-electron chi connectivity index (χ3n) is 4.14. The molecular formula is C18H29NO. The van der Waals surface area contributed by atoms with Gasteiger partial charge in [-0.05, 0) is 35.9 Å². The van der Waals surface area contributed by atoms with Crippen LogP contribution in [0.2, 0.25) is 0 Å². The van der Waals surface area contributed by atoms with Crippen LogP contribution in [0.1, 0.15) is 50.7 Å². The lowest BCUT2D eigenvalue weighted by molar-refractivity contribution is 0.0945. The molecule has 0 saturated heterocycles. The van der Waals surface area contributed by atoms with Gasteiger partial charge in [0.15, 0.2) is 0 Å². The highest BCUT2D eigenvalue weighted by molar-refractivity contribution is 5.26. The maximum atomic E-state index is 5.87. The van der Waals surface area contributed by atoms with E-state index in [0.29, 0.717) is 5.92 Å². The first-order valence-electron chi connectivity index (χ1n) is 8.11. The maximum Gasteiger partial charge on any atom is 0.0720 e. The fourth-order valence-corrected chi connectivity index (χ4v) is 2.58. The Morgan fingerprint density at radius 3 is 2.60 bits per heavy atom. The lowest BCUT2D eigenvalue weighted by atomic mass is 9.83. The fraction of sp³-hybridized carbons (Fsp3) is 0.667. The first-order chi connectivity index (χ1) is 9.75. The number of benzene rings is 1. The molecule has 0 bridgehead atoms. The molecule has 0 amide bonds. The summed E-state index contributed by atoms with van der Waals surface area (Å²) in [5, 5.41) is 3.51. The lowest BCUT2D eigenvalue weighted by Crippen LogP contribution is -2.20. The number of ether oxygens (including phenoxy) is 1. The summed E-state index contributed by atoms with van der Waals surface area (Å²) >= 11 is 0. The first-order valence-corrected chi connectivity index (χ1v) is 8.11.